The lowest BCUT2D eigenvalue weighted by Crippen LogP contribution is -2.35. The Balaban J connectivity index is 1.54. The van der Waals surface area contributed by atoms with Gasteiger partial charge in [-0.1, -0.05) is 12.8 Å². The van der Waals surface area contributed by atoms with Crippen molar-refractivity contribution in [2.24, 2.45) is 0 Å². The van der Waals surface area contributed by atoms with Gasteiger partial charge < -0.3 is 14.5 Å². The number of ether oxygens (including phenoxy) is 1. The van der Waals surface area contributed by atoms with Gasteiger partial charge in [-0.25, -0.2) is 13.4 Å². The molecule has 2 saturated heterocycles. The Morgan fingerprint density at radius 1 is 1.00 bits per heavy atom. The topological polar surface area (TPSA) is 83.0 Å². The maximum atomic E-state index is 13.4. The van der Waals surface area contributed by atoms with Gasteiger partial charge in [-0.3, -0.25) is 4.79 Å². The number of anilines is 1. The fourth-order valence-electron chi connectivity index (χ4n) is 4.41. The summed E-state index contributed by atoms with van der Waals surface area (Å²) in [5.74, 6) is 0.124. The molecule has 1 amide bonds. The Morgan fingerprint density at radius 3 is 2.42 bits per heavy atom. The van der Waals surface area contributed by atoms with Crippen molar-refractivity contribution in [1.82, 2.24) is 14.2 Å². The molecule has 0 saturated carbocycles. The smallest absolute Gasteiger partial charge is 0.253 e. The molecule has 3 heterocycles. The minimum absolute atomic E-state index is 0.0764. The van der Waals surface area contributed by atoms with Crippen LogP contribution >= 0.6 is 11.3 Å². The number of sulfonamides is 1. The summed E-state index contributed by atoms with van der Waals surface area (Å²) in [6, 6.07) is 4.75. The number of methoxy groups -OCH3 is 1. The number of thiazole rings is 1. The highest BCUT2D eigenvalue weighted by atomic mass is 32.2. The van der Waals surface area contributed by atoms with Crippen LogP contribution in [0.3, 0.4) is 0 Å². The van der Waals surface area contributed by atoms with Gasteiger partial charge in [0.25, 0.3) is 5.91 Å². The lowest BCUT2D eigenvalue weighted by Gasteiger charge is -2.24. The van der Waals surface area contributed by atoms with E-state index in [1.165, 1.54) is 17.5 Å². The molecule has 0 atom stereocenters. The van der Waals surface area contributed by atoms with Crippen molar-refractivity contribution >= 4 is 32.4 Å². The number of amides is 1. The second-order valence-corrected chi connectivity index (χ2v) is 11.3. The minimum atomic E-state index is -3.74. The van der Waals surface area contributed by atoms with Gasteiger partial charge in [0, 0.05) is 50.2 Å². The number of rotatable bonds is 5. The van der Waals surface area contributed by atoms with Gasteiger partial charge in [0.05, 0.1) is 12.8 Å². The molecule has 0 spiro atoms. The van der Waals surface area contributed by atoms with Crippen LogP contribution in [0.25, 0.3) is 0 Å². The molecule has 0 radical (unpaired) electrons. The van der Waals surface area contributed by atoms with Crippen molar-refractivity contribution in [2.45, 2.75) is 43.9 Å². The number of benzene rings is 1. The number of hydrogen-bond acceptors (Lipinski definition) is 7. The molecule has 1 aromatic carbocycles. The predicted octanol–water partition coefficient (Wildman–Crippen LogP) is 3.38. The molecule has 180 valence electrons. The van der Waals surface area contributed by atoms with Crippen LogP contribution in [-0.2, 0) is 10.0 Å². The van der Waals surface area contributed by atoms with Crippen molar-refractivity contribution in [3.8, 4) is 5.75 Å². The molecule has 10 heteroatoms. The molecule has 8 nitrogen and oxygen atoms in total. The van der Waals surface area contributed by atoms with E-state index in [2.05, 4.69) is 9.88 Å². The van der Waals surface area contributed by atoms with E-state index < -0.39 is 10.0 Å². The second kappa shape index (κ2) is 10.4. The highest BCUT2D eigenvalue weighted by Gasteiger charge is 2.30. The molecule has 33 heavy (non-hydrogen) atoms. The molecule has 2 aromatic rings. The maximum absolute atomic E-state index is 13.4. The van der Waals surface area contributed by atoms with E-state index in [-0.39, 0.29) is 16.6 Å². The van der Waals surface area contributed by atoms with E-state index in [4.69, 9.17) is 4.74 Å². The van der Waals surface area contributed by atoms with Gasteiger partial charge in [0.15, 0.2) is 5.13 Å². The number of carbonyl (C=O) groups is 1. The Hall–Kier alpha value is -2.17. The molecule has 2 aliphatic heterocycles. The van der Waals surface area contributed by atoms with Crippen molar-refractivity contribution in [3.63, 3.8) is 0 Å². The monoisotopic (exact) mass is 492 g/mol. The number of hydrogen-bond donors (Lipinski definition) is 0. The predicted molar refractivity (Wildman–Crippen MR) is 130 cm³/mol. The zero-order chi connectivity index (χ0) is 23.4. The Morgan fingerprint density at radius 2 is 1.76 bits per heavy atom. The fourth-order valence-corrected chi connectivity index (χ4v) is 6.97. The van der Waals surface area contributed by atoms with Crippen LogP contribution in [0, 0.1) is 6.92 Å². The van der Waals surface area contributed by atoms with Crippen LogP contribution in [0.4, 0.5) is 5.13 Å². The van der Waals surface area contributed by atoms with Crippen LogP contribution < -0.4 is 9.64 Å². The molecular formula is C23H32N4O4S2. The van der Waals surface area contributed by atoms with E-state index in [0.29, 0.717) is 38.3 Å². The van der Waals surface area contributed by atoms with Crippen LogP contribution in [0.5, 0.6) is 5.75 Å². The number of aromatic nitrogens is 1. The van der Waals surface area contributed by atoms with E-state index in [1.54, 1.807) is 23.5 Å². The Bertz CT molecular complexity index is 1080. The Kier molecular flexibility index (Phi) is 7.55. The first-order chi connectivity index (χ1) is 15.9. The SMILES string of the molecule is COc1ccc(C(=O)N2CCCN(c3nc(C)cs3)CC2)cc1S(=O)(=O)N1CCCCCC1. The van der Waals surface area contributed by atoms with Crippen molar-refractivity contribution in [3.05, 3.63) is 34.8 Å². The van der Waals surface area contributed by atoms with Crippen molar-refractivity contribution in [1.29, 1.82) is 0 Å². The molecule has 0 bridgehead atoms. The highest BCUT2D eigenvalue weighted by molar-refractivity contribution is 7.89. The van der Waals surface area contributed by atoms with Crippen LogP contribution in [-0.4, -0.2) is 74.9 Å². The summed E-state index contributed by atoms with van der Waals surface area (Å²) in [7, 11) is -2.28. The fraction of sp³-hybridized carbons (Fsp3) is 0.565. The third-order valence-corrected chi connectivity index (χ3v) is 9.19. The first kappa shape index (κ1) is 24.0. The third-order valence-electron chi connectivity index (χ3n) is 6.25. The van der Waals surface area contributed by atoms with Crippen molar-refractivity contribution in [2.75, 3.05) is 51.3 Å². The van der Waals surface area contributed by atoms with Gasteiger partial charge in [-0.15, -0.1) is 11.3 Å². The van der Waals surface area contributed by atoms with Gasteiger partial charge in [0.1, 0.15) is 10.6 Å². The lowest BCUT2D eigenvalue weighted by molar-refractivity contribution is 0.0766. The number of aryl methyl sites for hydroxylation is 1. The first-order valence-corrected chi connectivity index (χ1v) is 13.9. The molecule has 2 aliphatic rings. The summed E-state index contributed by atoms with van der Waals surface area (Å²) in [4.78, 5) is 22.0. The van der Waals surface area contributed by atoms with Gasteiger partial charge in [0.2, 0.25) is 10.0 Å². The molecule has 4 rings (SSSR count). The lowest BCUT2D eigenvalue weighted by atomic mass is 10.2. The number of nitrogens with zero attached hydrogens (tertiary/aromatic N) is 4. The maximum Gasteiger partial charge on any atom is 0.253 e. The Labute approximate surface area is 200 Å². The van der Waals surface area contributed by atoms with E-state index in [9.17, 15) is 13.2 Å². The highest BCUT2D eigenvalue weighted by Crippen LogP contribution is 2.30. The second-order valence-electron chi connectivity index (χ2n) is 8.59. The molecule has 0 N–H and O–H groups in total. The molecular weight excluding hydrogens is 460 g/mol. The van der Waals surface area contributed by atoms with Gasteiger partial charge in [-0.05, 0) is 44.4 Å². The summed E-state index contributed by atoms with van der Waals surface area (Å²) in [6.45, 7) is 5.72. The zero-order valence-corrected chi connectivity index (χ0v) is 21.0. The summed E-state index contributed by atoms with van der Waals surface area (Å²) >= 11 is 1.62. The summed E-state index contributed by atoms with van der Waals surface area (Å²) < 4.78 is 33.8. The van der Waals surface area contributed by atoms with Crippen LogP contribution in [0.1, 0.15) is 48.2 Å². The quantitative estimate of drug-likeness (QED) is 0.636. The van der Waals surface area contributed by atoms with Gasteiger partial charge >= 0.3 is 0 Å². The third kappa shape index (κ3) is 5.33. The van der Waals surface area contributed by atoms with Crippen LogP contribution in [0.2, 0.25) is 0 Å². The molecule has 0 aliphatic carbocycles. The molecule has 2 fully saturated rings. The molecule has 0 unspecified atom stereocenters. The van der Waals surface area contributed by atoms with E-state index in [0.717, 1.165) is 49.5 Å². The number of carbonyl (C=O) groups excluding carboxylic acids is 1. The average Bonchev–Trinajstić information content (AvgIpc) is 3.03. The van der Waals surface area contributed by atoms with E-state index in [1.807, 2.05) is 17.2 Å². The van der Waals surface area contributed by atoms with Crippen molar-refractivity contribution < 1.29 is 17.9 Å². The molecule has 1 aromatic heterocycles. The standard InChI is InChI=1S/C23H32N4O4S2/c1-18-17-32-23(24-18)26-11-7-10-25(14-15-26)22(28)19-8-9-20(31-2)21(16-19)33(29,30)27-12-5-3-4-6-13-27/h8-9,16-17H,3-7,10-15H2,1-2H3. The van der Waals surface area contributed by atoms with E-state index >= 15 is 0 Å². The summed E-state index contributed by atoms with van der Waals surface area (Å²) in [6.07, 6.45) is 4.61. The largest absolute Gasteiger partial charge is 0.495 e. The summed E-state index contributed by atoms with van der Waals surface area (Å²) in [5.41, 5.74) is 1.38. The average molecular weight is 493 g/mol. The zero-order valence-electron chi connectivity index (χ0n) is 19.3. The minimum Gasteiger partial charge on any atom is -0.495 e. The van der Waals surface area contributed by atoms with Crippen LogP contribution in [0.15, 0.2) is 28.5 Å². The summed E-state index contributed by atoms with van der Waals surface area (Å²) in [5, 5.41) is 3.02. The first-order valence-electron chi connectivity index (χ1n) is 11.5. The van der Waals surface area contributed by atoms with Gasteiger partial charge in [-0.2, -0.15) is 4.31 Å². The normalized spacial score (nSPS) is 18.6.